The summed E-state index contributed by atoms with van der Waals surface area (Å²) in [6.45, 7) is 6.05. The van der Waals surface area contributed by atoms with E-state index in [4.69, 9.17) is 0 Å². The molecule has 0 aliphatic carbocycles. The number of pyridine rings is 1. The van der Waals surface area contributed by atoms with Crippen LogP contribution in [0, 0.1) is 0 Å². The molecule has 1 unspecified atom stereocenters. The van der Waals surface area contributed by atoms with Crippen LogP contribution in [0.1, 0.15) is 24.0 Å². The fourth-order valence-corrected chi connectivity index (χ4v) is 2.70. The van der Waals surface area contributed by atoms with Crippen molar-refractivity contribution in [2.24, 2.45) is 0 Å². The number of nitrogens with one attached hydrogen (secondary N) is 2. The van der Waals surface area contributed by atoms with Gasteiger partial charge in [-0.3, -0.25) is 9.88 Å². The standard InChI is InChI=1S/C15H21N5/c1-2-20(9-12-5-3-4-6-16-12)10-13-7-14-15(8-17-13)19-11-18-14/h3-6,11,13,17H,2,7-10H2,1H3,(H,18,19). The summed E-state index contributed by atoms with van der Waals surface area (Å²) in [6.07, 6.45) is 4.65. The summed E-state index contributed by atoms with van der Waals surface area (Å²) in [6, 6.07) is 6.56. The lowest BCUT2D eigenvalue weighted by molar-refractivity contribution is 0.235. The van der Waals surface area contributed by atoms with Gasteiger partial charge in [0.15, 0.2) is 0 Å². The van der Waals surface area contributed by atoms with E-state index in [2.05, 4.69) is 38.2 Å². The largest absolute Gasteiger partial charge is 0.347 e. The number of aromatic nitrogens is 3. The molecule has 0 fully saturated rings. The molecule has 5 nitrogen and oxygen atoms in total. The number of hydrogen-bond acceptors (Lipinski definition) is 4. The fourth-order valence-electron chi connectivity index (χ4n) is 2.70. The van der Waals surface area contributed by atoms with Gasteiger partial charge in [0.2, 0.25) is 0 Å². The van der Waals surface area contributed by atoms with Gasteiger partial charge in [0.25, 0.3) is 0 Å². The normalized spacial score (nSPS) is 18.2. The predicted molar refractivity (Wildman–Crippen MR) is 78.1 cm³/mol. The maximum atomic E-state index is 4.41. The number of fused-ring (bicyclic) bond motifs is 1. The summed E-state index contributed by atoms with van der Waals surface area (Å²) >= 11 is 0. The summed E-state index contributed by atoms with van der Waals surface area (Å²) in [5, 5.41) is 3.58. The lowest BCUT2D eigenvalue weighted by Crippen LogP contribution is -2.44. The Morgan fingerprint density at radius 2 is 2.30 bits per heavy atom. The quantitative estimate of drug-likeness (QED) is 0.861. The minimum Gasteiger partial charge on any atom is -0.347 e. The van der Waals surface area contributed by atoms with E-state index in [1.165, 1.54) is 11.4 Å². The van der Waals surface area contributed by atoms with Crippen molar-refractivity contribution < 1.29 is 0 Å². The summed E-state index contributed by atoms with van der Waals surface area (Å²) < 4.78 is 0. The number of H-pyrrole nitrogens is 1. The molecule has 2 aromatic rings. The van der Waals surface area contributed by atoms with Crippen molar-refractivity contribution in [1.29, 1.82) is 0 Å². The average Bonchev–Trinajstić information content (AvgIpc) is 2.95. The van der Waals surface area contributed by atoms with Crippen LogP contribution in [-0.4, -0.2) is 39.0 Å². The van der Waals surface area contributed by atoms with Gasteiger partial charge in [-0.1, -0.05) is 13.0 Å². The third-order valence-corrected chi connectivity index (χ3v) is 3.85. The minimum atomic E-state index is 0.467. The van der Waals surface area contributed by atoms with E-state index in [0.29, 0.717) is 6.04 Å². The Bertz CT molecular complexity index is 536. The molecule has 5 heteroatoms. The first kappa shape index (κ1) is 13.3. The van der Waals surface area contributed by atoms with E-state index in [1.54, 1.807) is 6.33 Å². The molecule has 0 saturated heterocycles. The zero-order chi connectivity index (χ0) is 13.8. The van der Waals surface area contributed by atoms with E-state index in [1.807, 2.05) is 18.3 Å². The van der Waals surface area contributed by atoms with E-state index >= 15 is 0 Å². The highest BCUT2D eigenvalue weighted by molar-refractivity contribution is 5.16. The molecule has 1 aliphatic rings. The van der Waals surface area contributed by atoms with Crippen molar-refractivity contribution in [3.8, 4) is 0 Å². The Hall–Kier alpha value is -1.72. The molecule has 2 N–H and O–H groups in total. The van der Waals surface area contributed by atoms with Crippen LogP contribution in [0.2, 0.25) is 0 Å². The van der Waals surface area contributed by atoms with Gasteiger partial charge in [0.05, 0.1) is 23.4 Å². The van der Waals surface area contributed by atoms with Crippen LogP contribution >= 0.6 is 0 Å². The van der Waals surface area contributed by atoms with Gasteiger partial charge in [0, 0.05) is 38.3 Å². The van der Waals surface area contributed by atoms with Crippen LogP contribution in [0.25, 0.3) is 0 Å². The molecule has 20 heavy (non-hydrogen) atoms. The van der Waals surface area contributed by atoms with Crippen LogP contribution in [0.5, 0.6) is 0 Å². The summed E-state index contributed by atoms with van der Waals surface area (Å²) in [7, 11) is 0. The molecule has 0 aromatic carbocycles. The van der Waals surface area contributed by atoms with Crippen LogP contribution in [-0.2, 0) is 19.5 Å². The number of imidazole rings is 1. The topological polar surface area (TPSA) is 56.8 Å². The van der Waals surface area contributed by atoms with Crippen molar-refractivity contribution in [1.82, 2.24) is 25.2 Å². The van der Waals surface area contributed by atoms with Gasteiger partial charge in [-0.2, -0.15) is 0 Å². The number of nitrogens with zero attached hydrogens (tertiary/aromatic N) is 3. The first-order valence-corrected chi connectivity index (χ1v) is 7.22. The molecule has 3 rings (SSSR count). The number of hydrogen-bond donors (Lipinski definition) is 2. The van der Waals surface area contributed by atoms with Crippen molar-refractivity contribution in [2.45, 2.75) is 32.5 Å². The maximum absolute atomic E-state index is 4.41. The van der Waals surface area contributed by atoms with Gasteiger partial charge < -0.3 is 10.3 Å². The van der Waals surface area contributed by atoms with Crippen LogP contribution in [0.3, 0.4) is 0 Å². The van der Waals surface area contributed by atoms with Crippen molar-refractivity contribution >= 4 is 0 Å². The van der Waals surface area contributed by atoms with Gasteiger partial charge in [-0.25, -0.2) is 4.98 Å². The number of rotatable bonds is 5. The third kappa shape index (κ3) is 3.05. The minimum absolute atomic E-state index is 0.467. The summed E-state index contributed by atoms with van der Waals surface area (Å²) in [5.41, 5.74) is 3.57. The Kier molecular flexibility index (Phi) is 4.08. The van der Waals surface area contributed by atoms with E-state index in [0.717, 1.165) is 38.3 Å². The summed E-state index contributed by atoms with van der Waals surface area (Å²) in [4.78, 5) is 14.4. The fraction of sp³-hybridized carbons (Fsp3) is 0.467. The smallest absolute Gasteiger partial charge is 0.0925 e. The van der Waals surface area contributed by atoms with Crippen LogP contribution < -0.4 is 5.32 Å². The molecule has 0 spiro atoms. The molecule has 1 aliphatic heterocycles. The molecular formula is C15H21N5. The highest BCUT2D eigenvalue weighted by Crippen LogP contribution is 2.13. The zero-order valence-electron chi connectivity index (χ0n) is 11.8. The van der Waals surface area contributed by atoms with E-state index < -0.39 is 0 Å². The highest BCUT2D eigenvalue weighted by atomic mass is 15.2. The molecular weight excluding hydrogens is 250 g/mol. The second-order valence-corrected chi connectivity index (χ2v) is 5.26. The molecule has 0 radical (unpaired) electrons. The number of aromatic amines is 1. The first-order valence-electron chi connectivity index (χ1n) is 7.22. The van der Waals surface area contributed by atoms with Gasteiger partial charge in [-0.15, -0.1) is 0 Å². The zero-order valence-corrected chi connectivity index (χ0v) is 11.8. The maximum Gasteiger partial charge on any atom is 0.0925 e. The van der Waals surface area contributed by atoms with Crippen molar-refractivity contribution in [3.63, 3.8) is 0 Å². The van der Waals surface area contributed by atoms with Crippen molar-refractivity contribution in [2.75, 3.05) is 13.1 Å². The van der Waals surface area contributed by atoms with E-state index in [9.17, 15) is 0 Å². The SMILES string of the molecule is CCN(Cc1ccccn1)CC1Cc2nc[nH]c2CN1. The Morgan fingerprint density at radius 3 is 3.10 bits per heavy atom. The molecule has 1 atom stereocenters. The van der Waals surface area contributed by atoms with Gasteiger partial charge in [-0.05, 0) is 18.7 Å². The van der Waals surface area contributed by atoms with Gasteiger partial charge >= 0.3 is 0 Å². The molecule has 0 amide bonds. The van der Waals surface area contributed by atoms with Crippen LogP contribution in [0.4, 0.5) is 0 Å². The predicted octanol–water partition coefficient (Wildman–Crippen LogP) is 1.34. The van der Waals surface area contributed by atoms with Crippen molar-refractivity contribution in [3.05, 3.63) is 47.8 Å². The monoisotopic (exact) mass is 271 g/mol. The highest BCUT2D eigenvalue weighted by Gasteiger charge is 2.21. The molecule has 3 heterocycles. The third-order valence-electron chi connectivity index (χ3n) is 3.85. The Balaban J connectivity index is 1.59. The summed E-state index contributed by atoms with van der Waals surface area (Å²) in [5.74, 6) is 0. The van der Waals surface area contributed by atoms with Crippen LogP contribution in [0.15, 0.2) is 30.7 Å². The van der Waals surface area contributed by atoms with Gasteiger partial charge in [0.1, 0.15) is 0 Å². The Labute approximate surface area is 119 Å². The second-order valence-electron chi connectivity index (χ2n) is 5.26. The lowest BCUT2D eigenvalue weighted by atomic mass is 10.0. The molecule has 106 valence electrons. The lowest BCUT2D eigenvalue weighted by Gasteiger charge is -2.29. The second kappa shape index (κ2) is 6.15. The number of likely N-dealkylation sites (N-methyl/N-ethyl adjacent to an activating group) is 1. The molecule has 2 aromatic heterocycles. The average molecular weight is 271 g/mol. The molecule has 0 bridgehead atoms. The van der Waals surface area contributed by atoms with E-state index in [-0.39, 0.29) is 0 Å². The Morgan fingerprint density at radius 1 is 1.35 bits per heavy atom. The first-order chi connectivity index (χ1) is 9.85. The molecule has 0 saturated carbocycles.